The summed E-state index contributed by atoms with van der Waals surface area (Å²) < 4.78 is 0. The van der Waals surface area contributed by atoms with Crippen molar-refractivity contribution in [1.82, 2.24) is 0 Å². The number of benzene rings is 3. The standard InChI is InChI=1S/C24H27N/c1-16-7-10-22(19(4)13-16)25(23-11-8-17(2)14-20(23)5)24-12-9-18(3)15-21(24)6/h7-15H,1-6H3/p+1. The number of quaternary nitrogens is 1. The normalized spacial score (nSPS) is 11.2. The lowest BCUT2D eigenvalue weighted by molar-refractivity contribution is -0.682. The van der Waals surface area contributed by atoms with Gasteiger partial charge < -0.3 is 0 Å². The molecule has 0 aromatic heterocycles. The summed E-state index contributed by atoms with van der Waals surface area (Å²) in [5, 5.41) is 0. The minimum absolute atomic E-state index is 1.31. The Morgan fingerprint density at radius 1 is 0.440 bits per heavy atom. The van der Waals surface area contributed by atoms with Crippen LogP contribution in [0.1, 0.15) is 33.4 Å². The molecular weight excluding hydrogens is 302 g/mol. The molecule has 1 heteroatoms. The number of aryl methyl sites for hydroxylation is 6. The summed E-state index contributed by atoms with van der Waals surface area (Å²) in [7, 11) is 0. The van der Waals surface area contributed by atoms with Crippen molar-refractivity contribution < 1.29 is 4.90 Å². The third-order valence-corrected chi connectivity index (χ3v) is 4.95. The molecule has 3 rings (SSSR count). The first kappa shape index (κ1) is 17.4. The van der Waals surface area contributed by atoms with Gasteiger partial charge in [0.1, 0.15) is 17.1 Å². The van der Waals surface area contributed by atoms with Crippen molar-refractivity contribution in [2.24, 2.45) is 0 Å². The predicted molar refractivity (Wildman–Crippen MR) is 108 cm³/mol. The summed E-state index contributed by atoms with van der Waals surface area (Å²) in [6, 6.07) is 20.3. The van der Waals surface area contributed by atoms with Gasteiger partial charge in [0.2, 0.25) is 0 Å². The Hall–Kier alpha value is -2.38. The Morgan fingerprint density at radius 2 is 0.720 bits per heavy atom. The highest BCUT2D eigenvalue weighted by Gasteiger charge is 2.24. The molecule has 0 aliphatic carbocycles. The molecule has 0 fully saturated rings. The quantitative estimate of drug-likeness (QED) is 0.627. The van der Waals surface area contributed by atoms with E-state index < -0.39 is 0 Å². The number of rotatable bonds is 3. The fourth-order valence-corrected chi connectivity index (χ4v) is 3.72. The van der Waals surface area contributed by atoms with E-state index in [1.54, 1.807) is 0 Å². The molecule has 0 spiro atoms. The summed E-state index contributed by atoms with van der Waals surface area (Å²) in [5.74, 6) is 0. The lowest BCUT2D eigenvalue weighted by Gasteiger charge is -2.24. The van der Waals surface area contributed by atoms with Crippen LogP contribution >= 0.6 is 0 Å². The van der Waals surface area contributed by atoms with Crippen molar-refractivity contribution in [2.45, 2.75) is 41.5 Å². The van der Waals surface area contributed by atoms with Crippen LogP contribution in [0.3, 0.4) is 0 Å². The van der Waals surface area contributed by atoms with E-state index in [-0.39, 0.29) is 0 Å². The molecule has 0 radical (unpaired) electrons. The molecule has 25 heavy (non-hydrogen) atoms. The Labute approximate surface area is 151 Å². The highest BCUT2D eigenvalue weighted by molar-refractivity contribution is 5.55. The number of hydrogen-bond acceptors (Lipinski definition) is 0. The predicted octanol–water partition coefficient (Wildman–Crippen LogP) is 5.72. The third kappa shape index (κ3) is 3.52. The molecule has 0 saturated carbocycles. The average molecular weight is 330 g/mol. The Kier molecular flexibility index (Phi) is 4.78. The van der Waals surface area contributed by atoms with Crippen LogP contribution in [0.4, 0.5) is 17.1 Å². The van der Waals surface area contributed by atoms with Crippen LogP contribution in [0.5, 0.6) is 0 Å². The maximum Gasteiger partial charge on any atom is 0.144 e. The monoisotopic (exact) mass is 330 g/mol. The molecule has 128 valence electrons. The second-order valence-electron chi connectivity index (χ2n) is 7.33. The zero-order chi connectivity index (χ0) is 18.1. The van der Waals surface area contributed by atoms with Gasteiger partial charge in [0.05, 0.1) is 0 Å². The van der Waals surface area contributed by atoms with Gasteiger partial charge in [-0.15, -0.1) is 0 Å². The highest BCUT2D eigenvalue weighted by Crippen LogP contribution is 2.24. The van der Waals surface area contributed by atoms with Crippen molar-refractivity contribution in [3.05, 3.63) is 88.0 Å². The van der Waals surface area contributed by atoms with Crippen molar-refractivity contribution >= 4 is 17.1 Å². The molecule has 3 aromatic carbocycles. The summed E-state index contributed by atoms with van der Waals surface area (Å²) in [4.78, 5) is 1.34. The molecule has 0 unspecified atom stereocenters. The van der Waals surface area contributed by atoms with E-state index >= 15 is 0 Å². The van der Waals surface area contributed by atoms with Gasteiger partial charge in [-0.05, 0) is 41.5 Å². The lowest BCUT2D eigenvalue weighted by atomic mass is 10.0. The summed E-state index contributed by atoms with van der Waals surface area (Å²) >= 11 is 0. The maximum absolute atomic E-state index is 2.28. The van der Waals surface area contributed by atoms with E-state index in [0.717, 1.165) is 0 Å². The minimum Gasteiger partial charge on any atom is -0.237 e. The average Bonchev–Trinajstić information content (AvgIpc) is 2.52. The Balaban J connectivity index is 2.27. The van der Waals surface area contributed by atoms with Crippen LogP contribution < -0.4 is 4.90 Å². The van der Waals surface area contributed by atoms with E-state index in [0.29, 0.717) is 0 Å². The van der Waals surface area contributed by atoms with E-state index in [9.17, 15) is 0 Å². The van der Waals surface area contributed by atoms with Crippen molar-refractivity contribution in [1.29, 1.82) is 0 Å². The summed E-state index contributed by atoms with van der Waals surface area (Å²) in [6.45, 7) is 13.1. The number of nitrogens with one attached hydrogen (secondary N) is 1. The lowest BCUT2D eigenvalue weighted by Crippen LogP contribution is -2.97. The Bertz CT molecular complexity index is 799. The molecule has 1 N–H and O–H groups in total. The Morgan fingerprint density at radius 3 is 0.960 bits per heavy atom. The molecule has 0 aliphatic rings. The third-order valence-electron chi connectivity index (χ3n) is 4.95. The van der Waals surface area contributed by atoms with E-state index in [4.69, 9.17) is 0 Å². The summed E-state index contributed by atoms with van der Waals surface area (Å²) in [5.41, 5.74) is 11.9. The fraction of sp³-hybridized carbons (Fsp3) is 0.250. The molecule has 0 saturated heterocycles. The molecule has 0 aliphatic heterocycles. The largest absolute Gasteiger partial charge is 0.237 e. The van der Waals surface area contributed by atoms with Gasteiger partial charge in [-0.2, -0.15) is 0 Å². The van der Waals surface area contributed by atoms with Crippen LogP contribution in [-0.4, -0.2) is 0 Å². The SMILES string of the molecule is Cc1ccc([NH+](c2ccc(C)cc2C)c2ccc(C)cc2C)c(C)c1. The van der Waals surface area contributed by atoms with Crippen LogP contribution in [0.15, 0.2) is 54.6 Å². The van der Waals surface area contributed by atoms with Crippen LogP contribution in [0.25, 0.3) is 0 Å². The van der Waals surface area contributed by atoms with Gasteiger partial charge in [-0.25, -0.2) is 4.90 Å². The molecule has 3 aromatic rings. The van der Waals surface area contributed by atoms with Gasteiger partial charge in [0, 0.05) is 34.9 Å². The van der Waals surface area contributed by atoms with E-state index in [2.05, 4.69) is 96.1 Å². The maximum atomic E-state index is 2.28. The number of hydrogen-bond donors (Lipinski definition) is 1. The fourth-order valence-electron chi connectivity index (χ4n) is 3.72. The molecule has 0 amide bonds. The second-order valence-corrected chi connectivity index (χ2v) is 7.33. The first-order valence-corrected chi connectivity index (χ1v) is 8.96. The van der Waals surface area contributed by atoms with Crippen molar-refractivity contribution in [3.63, 3.8) is 0 Å². The first-order chi connectivity index (χ1) is 11.9. The van der Waals surface area contributed by atoms with Gasteiger partial charge in [-0.3, -0.25) is 0 Å². The van der Waals surface area contributed by atoms with E-state index in [1.165, 1.54) is 55.3 Å². The molecule has 0 atom stereocenters. The van der Waals surface area contributed by atoms with Gasteiger partial charge in [-0.1, -0.05) is 53.1 Å². The molecule has 0 heterocycles. The topological polar surface area (TPSA) is 4.44 Å². The summed E-state index contributed by atoms with van der Waals surface area (Å²) in [6.07, 6.45) is 0. The molecule has 0 bridgehead atoms. The van der Waals surface area contributed by atoms with Crippen molar-refractivity contribution in [3.8, 4) is 0 Å². The van der Waals surface area contributed by atoms with Gasteiger partial charge in [0.25, 0.3) is 0 Å². The zero-order valence-electron chi connectivity index (χ0n) is 16.2. The first-order valence-electron chi connectivity index (χ1n) is 8.96. The smallest absolute Gasteiger partial charge is 0.144 e. The second kappa shape index (κ2) is 6.85. The van der Waals surface area contributed by atoms with Crippen LogP contribution in [-0.2, 0) is 0 Å². The minimum atomic E-state index is 1.31. The molecule has 1 nitrogen and oxygen atoms in total. The van der Waals surface area contributed by atoms with Crippen LogP contribution in [0.2, 0.25) is 0 Å². The van der Waals surface area contributed by atoms with Gasteiger partial charge >= 0.3 is 0 Å². The zero-order valence-corrected chi connectivity index (χ0v) is 16.2. The highest BCUT2D eigenvalue weighted by atomic mass is 15.1. The van der Waals surface area contributed by atoms with Gasteiger partial charge in [0.15, 0.2) is 0 Å². The molecular formula is C24H28N+. The van der Waals surface area contributed by atoms with Crippen LogP contribution in [0, 0.1) is 41.5 Å². The van der Waals surface area contributed by atoms with Crippen molar-refractivity contribution in [2.75, 3.05) is 0 Å². The van der Waals surface area contributed by atoms with E-state index in [1.807, 2.05) is 0 Å².